The van der Waals surface area contributed by atoms with Crippen molar-refractivity contribution >= 4 is 21.0 Å². The van der Waals surface area contributed by atoms with E-state index in [-0.39, 0.29) is 12.4 Å². The van der Waals surface area contributed by atoms with Crippen LogP contribution >= 0.6 is 0 Å². The van der Waals surface area contributed by atoms with Gasteiger partial charge < -0.3 is 12.9 Å². The largest absolute Gasteiger partial charge is 0.343 e. The molecule has 0 aromatic carbocycles. The van der Waals surface area contributed by atoms with E-state index in [2.05, 4.69) is 0 Å². The summed E-state index contributed by atoms with van der Waals surface area (Å²) < 4.78 is 37.2. The molecule has 0 spiro atoms. The van der Waals surface area contributed by atoms with Crippen molar-refractivity contribution < 1.29 is 12.9 Å². The van der Waals surface area contributed by atoms with E-state index >= 15 is 0 Å². The minimum atomic E-state index is -1.33. The summed E-state index contributed by atoms with van der Waals surface area (Å²) >= 11 is 0. The second-order valence-electron chi connectivity index (χ2n) is 2.85. The van der Waals surface area contributed by atoms with Gasteiger partial charge in [-0.3, -0.25) is 0 Å². The van der Waals surface area contributed by atoms with E-state index in [4.69, 9.17) is 0 Å². The number of rotatable bonds is 5. The van der Waals surface area contributed by atoms with E-state index in [0.717, 1.165) is 0 Å². The Bertz CT molecular complexity index is 101. The molecule has 0 nitrogen and oxygen atoms in total. The van der Waals surface area contributed by atoms with Gasteiger partial charge in [-0.15, -0.1) is 0 Å². The Morgan fingerprint density at radius 2 is 1.55 bits per heavy atom. The van der Waals surface area contributed by atoms with E-state index in [1.165, 1.54) is 6.82 Å². The number of halogens is 3. The van der Waals surface area contributed by atoms with E-state index in [1.54, 1.807) is 6.92 Å². The van der Waals surface area contributed by atoms with Gasteiger partial charge in [0.05, 0.1) is 0 Å². The van der Waals surface area contributed by atoms with Gasteiger partial charge in [0.2, 0.25) is 0 Å². The zero-order valence-corrected chi connectivity index (χ0v) is 6.99. The predicted octanol–water partition coefficient (Wildman–Crippen LogP) is 2.60. The summed E-state index contributed by atoms with van der Waals surface area (Å²) in [7, 11) is 0. The molecule has 0 fully saturated rings. The fraction of sp³-hybridized carbons (Fsp3) is 1.00. The smallest absolute Gasteiger partial charge is 0.338 e. The van der Waals surface area contributed by atoms with Crippen molar-refractivity contribution in [2.24, 2.45) is 0 Å². The van der Waals surface area contributed by atoms with Crippen LogP contribution in [0.2, 0.25) is 25.6 Å². The SMILES string of the molecule is CCB(F)CB(F)CB(C)F. The first-order valence-corrected chi connectivity index (χ1v) is 3.98. The minimum Gasteiger partial charge on any atom is -0.338 e. The lowest BCUT2D eigenvalue weighted by Gasteiger charge is -2.02. The van der Waals surface area contributed by atoms with Gasteiger partial charge in [-0.2, -0.15) is 0 Å². The van der Waals surface area contributed by atoms with E-state index in [9.17, 15) is 12.9 Å². The molecule has 0 rings (SSSR count). The van der Waals surface area contributed by atoms with Gasteiger partial charge in [-0.1, -0.05) is 13.7 Å². The molecule has 0 saturated heterocycles. The maximum Gasteiger partial charge on any atom is 0.343 e. The van der Waals surface area contributed by atoms with Crippen molar-refractivity contribution in [3.63, 3.8) is 0 Å². The normalized spacial score (nSPS) is 9.55. The lowest BCUT2D eigenvalue weighted by molar-refractivity contribution is 0.788. The quantitative estimate of drug-likeness (QED) is 0.544. The molecule has 0 N–H and O–H groups in total. The molecule has 0 saturated carbocycles. The molecule has 0 radical (unpaired) electrons. The molecule has 6 heteroatoms. The summed E-state index contributed by atoms with van der Waals surface area (Å²) in [4.78, 5) is 0. The van der Waals surface area contributed by atoms with Gasteiger partial charge in [0.15, 0.2) is 0 Å². The third-order valence-electron chi connectivity index (χ3n) is 1.54. The van der Waals surface area contributed by atoms with Gasteiger partial charge in [-0.05, 0) is 18.8 Å². The predicted molar refractivity (Wildman–Crippen MR) is 46.5 cm³/mol. The average molecular weight is 162 g/mol. The topological polar surface area (TPSA) is 0 Å². The molecule has 11 heavy (non-hydrogen) atoms. The Balaban J connectivity index is 3.43. The summed E-state index contributed by atoms with van der Waals surface area (Å²) in [5.41, 5.74) is 0. The van der Waals surface area contributed by atoms with Crippen LogP contribution in [0, 0.1) is 0 Å². The lowest BCUT2D eigenvalue weighted by Crippen LogP contribution is -2.20. The molecule has 0 aliphatic heterocycles. The highest BCUT2D eigenvalue weighted by Crippen LogP contribution is 2.10. The first-order chi connectivity index (χ1) is 5.06. The monoisotopic (exact) mass is 162 g/mol. The highest BCUT2D eigenvalue weighted by Gasteiger charge is 2.26. The fourth-order valence-electron chi connectivity index (χ4n) is 0.893. The maximum absolute atomic E-state index is 12.6. The van der Waals surface area contributed by atoms with Crippen LogP contribution in [-0.2, 0) is 0 Å². The Morgan fingerprint density at radius 3 is 1.91 bits per heavy atom. The Hall–Kier alpha value is -0.0152. The second kappa shape index (κ2) is 5.61. The molecule has 0 aromatic rings. The molecule has 0 aromatic heterocycles. The summed E-state index contributed by atoms with van der Waals surface area (Å²) in [5.74, 6) is 0. The van der Waals surface area contributed by atoms with Crippen LogP contribution in [0.3, 0.4) is 0 Å². The lowest BCUT2D eigenvalue weighted by atomic mass is 9.39. The van der Waals surface area contributed by atoms with Gasteiger partial charge in [0.1, 0.15) is 0 Å². The van der Waals surface area contributed by atoms with Gasteiger partial charge >= 0.3 is 21.0 Å². The second-order valence-corrected chi connectivity index (χ2v) is 2.85. The zero-order valence-electron chi connectivity index (χ0n) is 6.99. The summed E-state index contributed by atoms with van der Waals surface area (Å²) in [6, 6.07) is 0. The van der Waals surface area contributed by atoms with Crippen LogP contribution in [-0.4, -0.2) is 21.0 Å². The van der Waals surface area contributed by atoms with Crippen molar-refractivity contribution in [1.29, 1.82) is 0 Å². The first-order valence-electron chi connectivity index (χ1n) is 3.98. The van der Waals surface area contributed by atoms with E-state index < -0.39 is 21.0 Å². The molecule has 0 amide bonds. The third kappa shape index (κ3) is 6.39. The zero-order chi connectivity index (χ0) is 8.85. The molecule has 0 aliphatic carbocycles. The van der Waals surface area contributed by atoms with Gasteiger partial charge in [0.25, 0.3) is 0 Å². The Kier molecular flexibility index (Phi) is 5.60. The summed E-state index contributed by atoms with van der Waals surface area (Å²) in [6.07, 6.45) is -0.0354. The number of hydrogen-bond acceptors (Lipinski definition) is 0. The highest BCUT2D eigenvalue weighted by atomic mass is 19.1. The number of hydrogen-bond donors (Lipinski definition) is 0. The van der Waals surface area contributed by atoms with Crippen LogP contribution in [0.5, 0.6) is 0 Å². The molecular formula is C5H12B3F3. The third-order valence-corrected chi connectivity index (χ3v) is 1.54. The molecule has 0 atom stereocenters. The van der Waals surface area contributed by atoms with Crippen molar-refractivity contribution in [3.05, 3.63) is 0 Å². The highest BCUT2D eigenvalue weighted by molar-refractivity contribution is 6.78. The summed E-state index contributed by atoms with van der Waals surface area (Å²) in [6.45, 7) is -0.690. The van der Waals surface area contributed by atoms with Gasteiger partial charge in [-0.25, -0.2) is 0 Å². The van der Waals surface area contributed by atoms with Crippen LogP contribution in [0.4, 0.5) is 12.9 Å². The van der Waals surface area contributed by atoms with Crippen molar-refractivity contribution in [1.82, 2.24) is 0 Å². The maximum atomic E-state index is 12.6. The standard InChI is InChI=1S/C5H12B3F3/c1-3-7(10)5-8(11)4-6(2)9/h3-5H2,1-2H3. The van der Waals surface area contributed by atoms with E-state index in [1.807, 2.05) is 0 Å². The molecule has 0 heterocycles. The van der Waals surface area contributed by atoms with E-state index in [0.29, 0.717) is 6.32 Å². The van der Waals surface area contributed by atoms with Crippen molar-refractivity contribution in [2.45, 2.75) is 32.5 Å². The molecule has 0 aliphatic rings. The Labute approximate surface area is 67.3 Å². The van der Waals surface area contributed by atoms with Crippen LogP contribution < -0.4 is 0 Å². The van der Waals surface area contributed by atoms with Gasteiger partial charge in [0, 0.05) is 0 Å². The first kappa shape index (κ1) is 11.0. The minimum absolute atomic E-state index is 0.162. The Morgan fingerprint density at radius 1 is 1.00 bits per heavy atom. The summed E-state index contributed by atoms with van der Waals surface area (Å²) in [5, 5.41) is 0. The van der Waals surface area contributed by atoms with Crippen molar-refractivity contribution in [3.8, 4) is 0 Å². The van der Waals surface area contributed by atoms with Crippen molar-refractivity contribution in [2.75, 3.05) is 0 Å². The molecule has 0 bridgehead atoms. The molecule has 62 valence electrons. The van der Waals surface area contributed by atoms with Crippen LogP contribution in [0.25, 0.3) is 0 Å². The molecule has 0 unspecified atom stereocenters. The van der Waals surface area contributed by atoms with Crippen LogP contribution in [0.1, 0.15) is 6.92 Å². The fourth-order valence-corrected chi connectivity index (χ4v) is 0.893. The average Bonchev–Trinajstić information content (AvgIpc) is 1.85. The molecular weight excluding hydrogens is 149 g/mol. The van der Waals surface area contributed by atoms with Crippen LogP contribution in [0.15, 0.2) is 0 Å².